The maximum Gasteiger partial charge on any atom is 0.306 e. The number of benzene rings is 1. The number of carboxylic acid groups (broad SMARTS) is 1. The van der Waals surface area contributed by atoms with Crippen LogP contribution in [0.25, 0.3) is 0 Å². The number of aryl methyl sites for hydroxylation is 1. The van der Waals surface area contributed by atoms with Gasteiger partial charge in [0.2, 0.25) is 0 Å². The van der Waals surface area contributed by atoms with Crippen molar-refractivity contribution < 1.29 is 15.0 Å². The van der Waals surface area contributed by atoms with Crippen molar-refractivity contribution >= 4 is 5.97 Å². The third-order valence-corrected chi connectivity index (χ3v) is 2.16. The van der Waals surface area contributed by atoms with E-state index in [1.54, 1.807) is 12.1 Å². The maximum absolute atomic E-state index is 10.4. The van der Waals surface area contributed by atoms with Crippen LogP contribution in [0.2, 0.25) is 0 Å². The summed E-state index contributed by atoms with van der Waals surface area (Å²) in [5.74, 6) is -0.983. The van der Waals surface area contributed by atoms with Crippen LogP contribution in [-0.4, -0.2) is 16.2 Å². The lowest BCUT2D eigenvalue weighted by Gasteiger charge is -2.12. The second kappa shape index (κ2) is 4.77. The topological polar surface area (TPSA) is 57.5 Å². The SMILES string of the molecule is CCc1ccccc1C(O)CC(=O)O. The van der Waals surface area contributed by atoms with Gasteiger partial charge in [-0.05, 0) is 17.5 Å². The Morgan fingerprint density at radius 3 is 2.64 bits per heavy atom. The zero-order valence-corrected chi connectivity index (χ0v) is 8.10. The van der Waals surface area contributed by atoms with Crippen LogP contribution in [0.3, 0.4) is 0 Å². The Hall–Kier alpha value is -1.35. The van der Waals surface area contributed by atoms with Gasteiger partial charge in [0.25, 0.3) is 0 Å². The van der Waals surface area contributed by atoms with Crippen LogP contribution in [0, 0.1) is 0 Å². The monoisotopic (exact) mass is 194 g/mol. The number of aliphatic hydroxyl groups excluding tert-OH is 1. The first-order valence-corrected chi connectivity index (χ1v) is 4.62. The molecular weight excluding hydrogens is 180 g/mol. The highest BCUT2D eigenvalue weighted by Crippen LogP contribution is 2.21. The molecular formula is C11H14O3. The molecule has 0 fully saturated rings. The number of aliphatic hydroxyl groups is 1. The fourth-order valence-corrected chi connectivity index (χ4v) is 1.46. The van der Waals surface area contributed by atoms with Gasteiger partial charge < -0.3 is 10.2 Å². The van der Waals surface area contributed by atoms with E-state index in [4.69, 9.17) is 5.11 Å². The Balaban J connectivity index is 2.87. The molecule has 0 amide bonds. The first-order chi connectivity index (χ1) is 6.65. The minimum Gasteiger partial charge on any atom is -0.481 e. The first kappa shape index (κ1) is 10.7. The lowest BCUT2D eigenvalue weighted by Crippen LogP contribution is -2.07. The Morgan fingerprint density at radius 2 is 2.07 bits per heavy atom. The van der Waals surface area contributed by atoms with Gasteiger partial charge in [0.1, 0.15) is 0 Å². The Labute approximate surface area is 83.0 Å². The second-order valence-electron chi connectivity index (χ2n) is 3.17. The average Bonchev–Trinajstić information content (AvgIpc) is 2.16. The van der Waals surface area contributed by atoms with Crippen molar-refractivity contribution in [3.8, 4) is 0 Å². The minimum absolute atomic E-state index is 0.239. The van der Waals surface area contributed by atoms with Crippen LogP contribution in [0.4, 0.5) is 0 Å². The summed E-state index contributed by atoms with van der Waals surface area (Å²) in [6, 6.07) is 7.36. The Morgan fingerprint density at radius 1 is 1.43 bits per heavy atom. The lowest BCUT2D eigenvalue weighted by molar-refractivity contribution is -0.139. The molecule has 1 unspecified atom stereocenters. The van der Waals surface area contributed by atoms with E-state index in [9.17, 15) is 9.90 Å². The molecule has 1 aromatic carbocycles. The predicted octanol–water partition coefficient (Wildman–Crippen LogP) is 1.76. The lowest BCUT2D eigenvalue weighted by atomic mass is 9.99. The van der Waals surface area contributed by atoms with Gasteiger partial charge in [-0.15, -0.1) is 0 Å². The van der Waals surface area contributed by atoms with Crippen LogP contribution >= 0.6 is 0 Å². The summed E-state index contributed by atoms with van der Waals surface area (Å²) in [7, 11) is 0. The van der Waals surface area contributed by atoms with E-state index in [-0.39, 0.29) is 6.42 Å². The number of aliphatic carboxylic acids is 1. The van der Waals surface area contributed by atoms with Gasteiger partial charge in [0, 0.05) is 0 Å². The van der Waals surface area contributed by atoms with Crippen molar-refractivity contribution in [1.29, 1.82) is 0 Å². The number of hydrogen-bond acceptors (Lipinski definition) is 2. The highest BCUT2D eigenvalue weighted by Gasteiger charge is 2.14. The van der Waals surface area contributed by atoms with Crippen molar-refractivity contribution in [1.82, 2.24) is 0 Å². The highest BCUT2D eigenvalue weighted by atomic mass is 16.4. The third kappa shape index (κ3) is 2.57. The van der Waals surface area contributed by atoms with Gasteiger partial charge in [-0.2, -0.15) is 0 Å². The van der Waals surface area contributed by atoms with Gasteiger partial charge in [-0.1, -0.05) is 31.2 Å². The quantitative estimate of drug-likeness (QED) is 0.767. The summed E-state index contributed by atoms with van der Waals surface area (Å²) < 4.78 is 0. The van der Waals surface area contributed by atoms with Gasteiger partial charge in [0.15, 0.2) is 0 Å². The molecule has 3 nitrogen and oxygen atoms in total. The van der Waals surface area contributed by atoms with Crippen molar-refractivity contribution in [2.45, 2.75) is 25.9 Å². The van der Waals surface area contributed by atoms with E-state index < -0.39 is 12.1 Å². The molecule has 1 atom stereocenters. The van der Waals surface area contributed by atoms with Crippen LogP contribution in [-0.2, 0) is 11.2 Å². The average molecular weight is 194 g/mol. The molecule has 0 spiro atoms. The summed E-state index contributed by atoms with van der Waals surface area (Å²) in [5.41, 5.74) is 1.72. The van der Waals surface area contributed by atoms with Crippen molar-refractivity contribution in [3.05, 3.63) is 35.4 Å². The summed E-state index contributed by atoms with van der Waals surface area (Å²) in [5, 5.41) is 18.2. The number of carbonyl (C=O) groups is 1. The van der Waals surface area contributed by atoms with Gasteiger partial charge in [-0.25, -0.2) is 0 Å². The molecule has 0 radical (unpaired) electrons. The van der Waals surface area contributed by atoms with Crippen molar-refractivity contribution in [3.63, 3.8) is 0 Å². The van der Waals surface area contributed by atoms with Gasteiger partial charge in [0.05, 0.1) is 12.5 Å². The zero-order valence-electron chi connectivity index (χ0n) is 8.10. The Bertz CT molecular complexity index is 320. The molecule has 14 heavy (non-hydrogen) atoms. The number of carboxylic acids is 1. The zero-order chi connectivity index (χ0) is 10.6. The molecule has 0 saturated heterocycles. The van der Waals surface area contributed by atoms with E-state index in [0.717, 1.165) is 17.5 Å². The van der Waals surface area contributed by atoms with Crippen molar-refractivity contribution in [2.24, 2.45) is 0 Å². The fraction of sp³-hybridized carbons (Fsp3) is 0.364. The van der Waals surface area contributed by atoms with E-state index >= 15 is 0 Å². The molecule has 76 valence electrons. The predicted molar refractivity (Wildman–Crippen MR) is 53.0 cm³/mol. The first-order valence-electron chi connectivity index (χ1n) is 4.62. The normalized spacial score (nSPS) is 12.4. The smallest absolute Gasteiger partial charge is 0.306 e. The van der Waals surface area contributed by atoms with E-state index in [0.29, 0.717) is 0 Å². The van der Waals surface area contributed by atoms with E-state index in [2.05, 4.69) is 0 Å². The molecule has 0 heterocycles. The Kier molecular flexibility index (Phi) is 3.65. The molecule has 0 saturated carbocycles. The molecule has 1 aromatic rings. The molecule has 0 aliphatic rings. The molecule has 0 aromatic heterocycles. The summed E-state index contributed by atoms with van der Waals surface area (Å²) in [6.07, 6.45) is -0.340. The summed E-state index contributed by atoms with van der Waals surface area (Å²) >= 11 is 0. The molecule has 1 rings (SSSR count). The molecule has 3 heteroatoms. The molecule has 0 aliphatic carbocycles. The second-order valence-corrected chi connectivity index (χ2v) is 3.17. The van der Waals surface area contributed by atoms with E-state index in [1.165, 1.54) is 0 Å². The minimum atomic E-state index is -0.983. The van der Waals surface area contributed by atoms with Crippen LogP contribution in [0.1, 0.15) is 30.6 Å². The summed E-state index contributed by atoms with van der Waals surface area (Å²) in [4.78, 5) is 10.4. The molecule has 0 aliphatic heterocycles. The highest BCUT2D eigenvalue weighted by molar-refractivity contribution is 5.67. The standard InChI is InChI=1S/C11H14O3/c1-2-8-5-3-4-6-9(8)10(12)7-11(13)14/h3-6,10,12H,2,7H2,1H3,(H,13,14). The van der Waals surface area contributed by atoms with Crippen LogP contribution < -0.4 is 0 Å². The van der Waals surface area contributed by atoms with Crippen molar-refractivity contribution in [2.75, 3.05) is 0 Å². The van der Waals surface area contributed by atoms with Crippen LogP contribution in [0.15, 0.2) is 24.3 Å². The summed E-state index contributed by atoms with van der Waals surface area (Å²) in [6.45, 7) is 1.98. The molecule has 0 bridgehead atoms. The largest absolute Gasteiger partial charge is 0.481 e. The van der Waals surface area contributed by atoms with Gasteiger partial charge >= 0.3 is 5.97 Å². The van der Waals surface area contributed by atoms with E-state index in [1.807, 2.05) is 19.1 Å². The maximum atomic E-state index is 10.4. The number of rotatable bonds is 4. The number of hydrogen-bond donors (Lipinski definition) is 2. The fourth-order valence-electron chi connectivity index (χ4n) is 1.46. The van der Waals surface area contributed by atoms with Gasteiger partial charge in [-0.3, -0.25) is 4.79 Å². The molecule has 2 N–H and O–H groups in total. The van der Waals surface area contributed by atoms with Crippen LogP contribution in [0.5, 0.6) is 0 Å². The third-order valence-electron chi connectivity index (χ3n) is 2.16.